The molecule has 1 aromatic rings. The second-order valence-electron chi connectivity index (χ2n) is 3.31. The summed E-state index contributed by atoms with van der Waals surface area (Å²) < 4.78 is 20.8. The number of benzene rings is 1. The fourth-order valence-corrected chi connectivity index (χ4v) is 1.66. The minimum atomic E-state index is -0.142. The van der Waals surface area contributed by atoms with Gasteiger partial charge in [-0.1, -0.05) is 0 Å². The van der Waals surface area contributed by atoms with Gasteiger partial charge in [-0.15, -0.1) is 0 Å². The predicted molar refractivity (Wildman–Crippen MR) is 81.9 cm³/mol. The van der Waals surface area contributed by atoms with Crippen molar-refractivity contribution < 1.29 is 33.9 Å². The molecule has 0 amide bonds. The van der Waals surface area contributed by atoms with Crippen LogP contribution in [-0.4, -0.2) is 44.3 Å². The molecule has 122 valence electrons. The topological polar surface area (TPSA) is 106 Å². The normalized spacial score (nSPS) is 9.38. The maximum Gasteiger partial charge on any atom is 0.215 e. The van der Waals surface area contributed by atoms with E-state index in [-0.39, 0.29) is 21.1 Å². The van der Waals surface area contributed by atoms with Crippen molar-refractivity contribution in [3.63, 3.8) is 0 Å². The Morgan fingerprint density at radius 2 is 1.67 bits per heavy atom. The largest absolute Gasteiger partial charge is 0.493 e. The number of hydrogen-bond donors (Lipinski definition) is 1. The maximum atomic E-state index is 10.7. The predicted octanol–water partition coefficient (Wildman–Crippen LogP) is 1.61. The molecule has 1 aromatic carbocycles. The summed E-state index contributed by atoms with van der Waals surface area (Å²) in [5.74, 6) is 1.32. The summed E-state index contributed by atoms with van der Waals surface area (Å²) >= 11 is 0. The summed E-state index contributed by atoms with van der Waals surface area (Å²) in [7, 11) is 2.86. The summed E-state index contributed by atoms with van der Waals surface area (Å²) in [5.41, 5.74) is 0.464. The SMILES string of the molecule is CCO.CCOPOc1c(OC)cc(C=O)cc1OC.O. The van der Waals surface area contributed by atoms with Gasteiger partial charge in [0, 0.05) is 12.2 Å². The number of carbonyl (C=O) groups is 1. The third-order valence-corrected chi connectivity index (χ3v) is 2.66. The van der Waals surface area contributed by atoms with Crippen molar-refractivity contribution >= 4 is 15.3 Å². The third kappa shape index (κ3) is 7.82. The number of methoxy groups -OCH3 is 2. The van der Waals surface area contributed by atoms with Crippen LogP contribution in [0.1, 0.15) is 24.2 Å². The average Bonchev–Trinajstić information content (AvgIpc) is 2.48. The van der Waals surface area contributed by atoms with Gasteiger partial charge in [0.1, 0.15) is 6.29 Å². The van der Waals surface area contributed by atoms with E-state index >= 15 is 0 Å². The van der Waals surface area contributed by atoms with Gasteiger partial charge < -0.3 is 29.1 Å². The lowest BCUT2D eigenvalue weighted by Crippen LogP contribution is -1.95. The fourth-order valence-electron chi connectivity index (χ4n) is 1.20. The van der Waals surface area contributed by atoms with Crippen LogP contribution in [0.4, 0.5) is 0 Å². The molecule has 0 aliphatic heterocycles. The van der Waals surface area contributed by atoms with Gasteiger partial charge in [-0.05, 0) is 26.0 Å². The Kier molecular flexibility index (Phi) is 14.2. The first kappa shape index (κ1) is 21.9. The van der Waals surface area contributed by atoms with Crippen LogP contribution in [0.5, 0.6) is 17.2 Å². The third-order valence-electron chi connectivity index (χ3n) is 1.97. The Morgan fingerprint density at radius 1 is 1.19 bits per heavy atom. The molecule has 1 rings (SSSR count). The molecule has 7 nitrogen and oxygen atoms in total. The van der Waals surface area contributed by atoms with Crippen LogP contribution in [-0.2, 0) is 4.52 Å². The number of ether oxygens (including phenoxy) is 2. The standard InChI is InChI=1S/C11H15O5P.C2H6O.H2O/c1-4-15-17-16-11-9(13-2)5-8(7-12)6-10(11)14-3;1-2-3;/h5-7,17H,4H2,1-3H3;3H,2H2,1H3;1H2. The quantitative estimate of drug-likeness (QED) is 0.464. The van der Waals surface area contributed by atoms with Crippen LogP contribution >= 0.6 is 9.03 Å². The Labute approximate surface area is 126 Å². The molecule has 0 saturated heterocycles. The van der Waals surface area contributed by atoms with Crippen molar-refractivity contribution in [2.24, 2.45) is 0 Å². The highest BCUT2D eigenvalue weighted by atomic mass is 31.1. The maximum absolute atomic E-state index is 10.7. The second kappa shape index (κ2) is 13.6. The van der Waals surface area contributed by atoms with Crippen molar-refractivity contribution in [1.82, 2.24) is 0 Å². The molecule has 8 heteroatoms. The van der Waals surface area contributed by atoms with Gasteiger partial charge in [-0.3, -0.25) is 4.79 Å². The van der Waals surface area contributed by atoms with Gasteiger partial charge in [-0.2, -0.15) is 0 Å². The van der Waals surface area contributed by atoms with Crippen LogP contribution in [0.2, 0.25) is 0 Å². The van der Waals surface area contributed by atoms with E-state index in [0.29, 0.717) is 29.4 Å². The van der Waals surface area contributed by atoms with Crippen molar-refractivity contribution in [3.8, 4) is 17.2 Å². The number of aliphatic hydroxyl groups excluding tert-OH is 1. The first-order valence-corrected chi connectivity index (χ1v) is 6.85. The van der Waals surface area contributed by atoms with Gasteiger partial charge in [0.25, 0.3) is 0 Å². The zero-order valence-corrected chi connectivity index (χ0v) is 13.6. The Hall–Kier alpha value is -1.40. The molecule has 3 N–H and O–H groups in total. The number of hydrogen-bond acceptors (Lipinski definition) is 6. The van der Waals surface area contributed by atoms with Crippen molar-refractivity contribution in [2.75, 3.05) is 27.4 Å². The smallest absolute Gasteiger partial charge is 0.215 e. The summed E-state index contributed by atoms with van der Waals surface area (Å²) in [6.07, 6.45) is 0.722. The molecule has 0 aromatic heterocycles. The Bertz CT molecular complexity index is 373. The minimum Gasteiger partial charge on any atom is -0.493 e. The van der Waals surface area contributed by atoms with Crippen molar-refractivity contribution in [2.45, 2.75) is 13.8 Å². The molecule has 0 aliphatic rings. The average molecular weight is 322 g/mol. The molecular weight excluding hydrogens is 299 g/mol. The molecule has 0 heterocycles. The van der Waals surface area contributed by atoms with E-state index in [1.54, 1.807) is 19.1 Å². The lowest BCUT2D eigenvalue weighted by atomic mass is 10.2. The zero-order chi connectivity index (χ0) is 15.4. The lowest BCUT2D eigenvalue weighted by molar-refractivity contribution is 0.112. The van der Waals surface area contributed by atoms with Gasteiger partial charge >= 0.3 is 0 Å². The molecule has 0 fully saturated rings. The lowest BCUT2D eigenvalue weighted by Gasteiger charge is -2.14. The molecule has 1 unspecified atom stereocenters. The molecule has 0 bridgehead atoms. The number of rotatable bonds is 7. The van der Waals surface area contributed by atoms with Crippen LogP contribution < -0.4 is 14.0 Å². The zero-order valence-electron chi connectivity index (χ0n) is 12.6. The molecule has 0 spiro atoms. The summed E-state index contributed by atoms with van der Waals surface area (Å²) in [4.78, 5) is 10.7. The Morgan fingerprint density at radius 3 is 2.00 bits per heavy atom. The van der Waals surface area contributed by atoms with E-state index in [1.807, 2.05) is 6.92 Å². The first-order chi connectivity index (χ1) is 9.68. The Balaban J connectivity index is 0. The van der Waals surface area contributed by atoms with Crippen LogP contribution in [0, 0.1) is 0 Å². The van der Waals surface area contributed by atoms with E-state index in [1.165, 1.54) is 14.2 Å². The van der Waals surface area contributed by atoms with Crippen molar-refractivity contribution in [1.29, 1.82) is 0 Å². The molecule has 21 heavy (non-hydrogen) atoms. The summed E-state index contributed by atoms with van der Waals surface area (Å²) in [6.45, 7) is 4.37. The molecule has 0 radical (unpaired) electrons. The highest BCUT2D eigenvalue weighted by molar-refractivity contribution is 7.26. The molecular formula is C13H23O7P. The van der Waals surface area contributed by atoms with Gasteiger partial charge in [0.15, 0.2) is 11.5 Å². The van der Waals surface area contributed by atoms with Crippen LogP contribution in [0.15, 0.2) is 12.1 Å². The van der Waals surface area contributed by atoms with Crippen molar-refractivity contribution in [3.05, 3.63) is 17.7 Å². The van der Waals surface area contributed by atoms with Gasteiger partial charge in [0.05, 0.1) is 20.8 Å². The summed E-state index contributed by atoms with van der Waals surface area (Å²) in [5, 5.41) is 7.57. The van der Waals surface area contributed by atoms with E-state index in [4.69, 9.17) is 23.6 Å². The van der Waals surface area contributed by atoms with E-state index < -0.39 is 0 Å². The molecule has 0 aliphatic carbocycles. The summed E-state index contributed by atoms with van der Waals surface area (Å²) in [6, 6.07) is 3.17. The van der Waals surface area contributed by atoms with Gasteiger partial charge in [0.2, 0.25) is 14.8 Å². The minimum absolute atomic E-state index is 0. The second-order valence-corrected chi connectivity index (χ2v) is 3.97. The monoisotopic (exact) mass is 322 g/mol. The molecule has 0 saturated carbocycles. The highest BCUT2D eigenvalue weighted by Gasteiger charge is 2.14. The van der Waals surface area contributed by atoms with E-state index in [2.05, 4.69) is 0 Å². The van der Waals surface area contributed by atoms with Crippen LogP contribution in [0.3, 0.4) is 0 Å². The van der Waals surface area contributed by atoms with Gasteiger partial charge in [-0.25, -0.2) is 0 Å². The number of aliphatic hydroxyl groups is 1. The fraction of sp³-hybridized carbons (Fsp3) is 0.462. The van der Waals surface area contributed by atoms with E-state index in [0.717, 1.165) is 6.29 Å². The molecule has 1 atom stereocenters. The number of carbonyl (C=O) groups excluding carboxylic acids is 1. The van der Waals surface area contributed by atoms with E-state index in [9.17, 15) is 4.79 Å². The first-order valence-electron chi connectivity index (χ1n) is 6.04. The number of aldehydes is 1. The highest BCUT2D eigenvalue weighted by Crippen LogP contribution is 2.41. The van der Waals surface area contributed by atoms with Crippen LogP contribution in [0.25, 0.3) is 0 Å².